The van der Waals surface area contributed by atoms with E-state index in [0.29, 0.717) is 6.42 Å². The van der Waals surface area contributed by atoms with Gasteiger partial charge in [-0.2, -0.15) is 13.2 Å². The molecule has 1 aliphatic heterocycles. The van der Waals surface area contributed by atoms with E-state index < -0.39 is 35.6 Å². The number of ether oxygens (including phenoxy) is 4. The molecule has 2 N–H and O–H groups in total. The third kappa shape index (κ3) is 6.08. The minimum Gasteiger partial charge on any atom is -0.460 e. The number of nitrogens with one attached hydrogen (secondary N) is 1. The van der Waals surface area contributed by atoms with Crippen molar-refractivity contribution < 1.29 is 46.8 Å². The van der Waals surface area contributed by atoms with Crippen molar-refractivity contribution in [1.82, 2.24) is 5.32 Å². The molecule has 0 bridgehead atoms. The number of carbonyl (C=O) groups is 2. The fourth-order valence-corrected chi connectivity index (χ4v) is 3.65. The molecule has 1 aliphatic rings. The Morgan fingerprint density at radius 2 is 1.67 bits per heavy atom. The fraction of sp³-hybridized carbons (Fsp3) is 0.440. The van der Waals surface area contributed by atoms with Crippen LogP contribution in [0.5, 0.6) is 11.5 Å². The Hall–Kier alpha value is -3.31. The maximum absolute atomic E-state index is 12.9. The molecule has 0 fully saturated rings. The number of rotatable bonds is 10. The van der Waals surface area contributed by atoms with Crippen LogP contribution in [0.15, 0.2) is 42.5 Å². The van der Waals surface area contributed by atoms with Gasteiger partial charge in [0.25, 0.3) is 0 Å². The SMILES string of the molecule is CCOC(=O)C1(C(=O)OCC)Oc2ccc(CC(C)NCC(O)c3cccc(C(F)(F)F)c3)cc2O1. The number of fused-ring (bicyclic) bond motifs is 1. The van der Waals surface area contributed by atoms with Gasteiger partial charge in [-0.1, -0.05) is 18.2 Å². The molecule has 2 aromatic rings. The van der Waals surface area contributed by atoms with Crippen molar-refractivity contribution in [1.29, 1.82) is 0 Å². The van der Waals surface area contributed by atoms with Crippen LogP contribution in [-0.2, 0) is 31.7 Å². The Morgan fingerprint density at radius 1 is 1.03 bits per heavy atom. The van der Waals surface area contributed by atoms with Crippen LogP contribution in [0.2, 0.25) is 0 Å². The number of aliphatic hydroxyl groups is 1. The van der Waals surface area contributed by atoms with E-state index in [-0.39, 0.29) is 42.9 Å². The van der Waals surface area contributed by atoms with Crippen LogP contribution in [0, 0.1) is 0 Å². The molecule has 196 valence electrons. The van der Waals surface area contributed by atoms with E-state index in [1.54, 1.807) is 32.0 Å². The van der Waals surface area contributed by atoms with Gasteiger partial charge in [-0.3, -0.25) is 0 Å². The van der Waals surface area contributed by atoms with E-state index in [1.165, 1.54) is 12.1 Å². The molecule has 2 atom stereocenters. The lowest BCUT2D eigenvalue weighted by Crippen LogP contribution is -2.55. The summed E-state index contributed by atoms with van der Waals surface area (Å²) in [6.45, 7) is 5.03. The highest BCUT2D eigenvalue weighted by atomic mass is 19.4. The number of hydrogen-bond acceptors (Lipinski definition) is 8. The van der Waals surface area contributed by atoms with Crippen molar-refractivity contribution in [2.24, 2.45) is 0 Å². The van der Waals surface area contributed by atoms with E-state index in [9.17, 15) is 27.9 Å². The zero-order valence-corrected chi connectivity index (χ0v) is 20.1. The number of benzene rings is 2. The quantitative estimate of drug-likeness (QED) is 0.369. The monoisotopic (exact) mass is 511 g/mol. The van der Waals surface area contributed by atoms with Crippen molar-refractivity contribution in [2.75, 3.05) is 19.8 Å². The predicted molar refractivity (Wildman–Crippen MR) is 121 cm³/mol. The second-order valence-electron chi connectivity index (χ2n) is 8.20. The predicted octanol–water partition coefficient (Wildman–Crippen LogP) is 3.55. The third-order valence-electron chi connectivity index (χ3n) is 5.40. The molecule has 0 saturated carbocycles. The van der Waals surface area contributed by atoms with Gasteiger partial charge in [0, 0.05) is 12.6 Å². The van der Waals surface area contributed by atoms with Crippen molar-refractivity contribution in [2.45, 2.75) is 51.3 Å². The number of esters is 2. The Balaban J connectivity index is 1.64. The minimum absolute atomic E-state index is 0.00381. The van der Waals surface area contributed by atoms with Gasteiger partial charge in [-0.05, 0) is 62.6 Å². The van der Waals surface area contributed by atoms with Crippen molar-refractivity contribution in [3.8, 4) is 11.5 Å². The maximum Gasteiger partial charge on any atom is 0.453 e. The molecule has 11 heteroatoms. The topological polar surface area (TPSA) is 103 Å². The van der Waals surface area contributed by atoms with Crippen LogP contribution in [0.1, 0.15) is 43.6 Å². The van der Waals surface area contributed by atoms with Crippen molar-refractivity contribution in [3.63, 3.8) is 0 Å². The lowest BCUT2D eigenvalue weighted by Gasteiger charge is -2.22. The Kier molecular flexibility index (Phi) is 8.47. The highest BCUT2D eigenvalue weighted by molar-refractivity contribution is 6.03. The molecule has 0 saturated heterocycles. The van der Waals surface area contributed by atoms with E-state index in [0.717, 1.165) is 17.7 Å². The van der Waals surface area contributed by atoms with E-state index in [1.807, 2.05) is 6.92 Å². The first-order chi connectivity index (χ1) is 17.0. The summed E-state index contributed by atoms with van der Waals surface area (Å²) in [5, 5.41) is 13.4. The summed E-state index contributed by atoms with van der Waals surface area (Å²) >= 11 is 0. The first-order valence-electron chi connectivity index (χ1n) is 11.4. The summed E-state index contributed by atoms with van der Waals surface area (Å²) < 4.78 is 59.9. The van der Waals surface area contributed by atoms with Gasteiger partial charge in [0.2, 0.25) is 0 Å². The smallest absolute Gasteiger partial charge is 0.453 e. The fourth-order valence-electron chi connectivity index (χ4n) is 3.65. The second kappa shape index (κ2) is 11.2. The zero-order valence-electron chi connectivity index (χ0n) is 20.1. The van der Waals surface area contributed by atoms with Gasteiger partial charge >= 0.3 is 23.9 Å². The number of aliphatic hydroxyl groups excluding tert-OH is 1. The molecule has 0 radical (unpaired) electrons. The average Bonchev–Trinajstić information content (AvgIpc) is 3.23. The Morgan fingerprint density at radius 3 is 2.28 bits per heavy atom. The Labute approximate surface area is 206 Å². The zero-order chi connectivity index (χ0) is 26.5. The van der Waals surface area contributed by atoms with Crippen LogP contribution in [0.3, 0.4) is 0 Å². The lowest BCUT2D eigenvalue weighted by molar-refractivity contribution is -0.202. The minimum atomic E-state index is -4.49. The first-order valence-corrected chi connectivity index (χ1v) is 11.4. The molecule has 0 aliphatic carbocycles. The van der Waals surface area contributed by atoms with Gasteiger partial charge < -0.3 is 29.4 Å². The van der Waals surface area contributed by atoms with Gasteiger partial charge in [-0.15, -0.1) is 0 Å². The second-order valence-corrected chi connectivity index (χ2v) is 8.20. The Bertz CT molecular complexity index is 1070. The number of halogens is 3. The highest BCUT2D eigenvalue weighted by Gasteiger charge is 2.59. The number of carbonyl (C=O) groups excluding carboxylic acids is 2. The average molecular weight is 511 g/mol. The molecule has 0 spiro atoms. The van der Waals surface area contributed by atoms with Gasteiger partial charge in [0.05, 0.1) is 24.9 Å². The van der Waals surface area contributed by atoms with E-state index >= 15 is 0 Å². The standard InChI is InChI=1S/C25H28F3NO7/c1-4-33-22(31)24(23(32)34-5-2)35-20-10-9-16(12-21(20)36-24)11-15(3)29-14-19(30)17-7-6-8-18(13-17)25(26,27)28/h6-10,12-13,15,19,29-30H,4-5,11,14H2,1-3H3. The number of alkyl halides is 3. The molecular weight excluding hydrogens is 483 g/mol. The van der Waals surface area contributed by atoms with Crippen LogP contribution >= 0.6 is 0 Å². The van der Waals surface area contributed by atoms with E-state index in [4.69, 9.17) is 18.9 Å². The lowest BCUT2D eigenvalue weighted by atomic mass is 10.0. The third-order valence-corrected chi connectivity index (χ3v) is 5.40. The number of hydrogen-bond donors (Lipinski definition) is 2. The molecule has 0 amide bonds. The molecule has 2 unspecified atom stereocenters. The molecule has 3 rings (SSSR count). The first kappa shape index (κ1) is 27.3. The van der Waals surface area contributed by atoms with Crippen molar-refractivity contribution in [3.05, 3.63) is 59.2 Å². The molecule has 0 aromatic heterocycles. The largest absolute Gasteiger partial charge is 0.460 e. The summed E-state index contributed by atoms with van der Waals surface area (Å²) in [4.78, 5) is 25.0. The summed E-state index contributed by atoms with van der Waals surface area (Å²) in [6.07, 6.45) is -5.19. The summed E-state index contributed by atoms with van der Waals surface area (Å²) in [7, 11) is 0. The summed E-state index contributed by atoms with van der Waals surface area (Å²) in [5.41, 5.74) is 0.0884. The molecule has 8 nitrogen and oxygen atoms in total. The van der Waals surface area contributed by atoms with Crippen molar-refractivity contribution >= 4 is 11.9 Å². The van der Waals surface area contributed by atoms with Gasteiger partial charge in [0.15, 0.2) is 11.5 Å². The van der Waals surface area contributed by atoms with Gasteiger partial charge in [0.1, 0.15) is 0 Å². The molecular formula is C25H28F3NO7. The normalized spacial score (nSPS) is 15.8. The molecule has 2 aromatic carbocycles. The van der Waals surface area contributed by atoms with Gasteiger partial charge in [-0.25, -0.2) is 9.59 Å². The highest BCUT2D eigenvalue weighted by Crippen LogP contribution is 2.41. The van der Waals surface area contributed by atoms with Crippen LogP contribution in [0.25, 0.3) is 0 Å². The maximum atomic E-state index is 12.9. The van der Waals surface area contributed by atoms with Crippen LogP contribution in [0.4, 0.5) is 13.2 Å². The van der Waals surface area contributed by atoms with Crippen LogP contribution < -0.4 is 14.8 Å². The summed E-state index contributed by atoms with van der Waals surface area (Å²) in [5.74, 6) is -4.11. The summed E-state index contributed by atoms with van der Waals surface area (Å²) in [6, 6.07) is 9.25. The van der Waals surface area contributed by atoms with Crippen LogP contribution in [-0.4, -0.2) is 48.6 Å². The molecule has 36 heavy (non-hydrogen) atoms. The van der Waals surface area contributed by atoms with E-state index in [2.05, 4.69) is 5.32 Å². The molecule has 1 heterocycles.